The third-order valence-electron chi connectivity index (χ3n) is 5.13. The number of fused-ring (bicyclic) bond motifs is 3. The second kappa shape index (κ2) is 8.02. The van der Waals surface area contributed by atoms with E-state index in [-0.39, 0.29) is 12.3 Å². The fourth-order valence-electron chi connectivity index (χ4n) is 3.53. The first-order chi connectivity index (χ1) is 15.2. The third kappa shape index (κ3) is 3.54. The highest BCUT2D eigenvalue weighted by Crippen LogP contribution is 2.22. The van der Waals surface area contributed by atoms with Gasteiger partial charge in [-0.15, -0.1) is 5.10 Å². The first kappa shape index (κ1) is 19.0. The van der Waals surface area contributed by atoms with Crippen molar-refractivity contribution in [3.63, 3.8) is 0 Å². The predicted octanol–water partition coefficient (Wildman–Crippen LogP) is 3.21. The van der Waals surface area contributed by atoms with Gasteiger partial charge in [-0.3, -0.25) is 9.55 Å². The number of rotatable bonds is 7. The van der Waals surface area contributed by atoms with Crippen molar-refractivity contribution in [3.8, 4) is 16.9 Å². The lowest BCUT2D eigenvalue weighted by Gasteiger charge is -2.06. The molecule has 0 amide bonds. The van der Waals surface area contributed by atoms with Gasteiger partial charge in [0.2, 0.25) is 0 Å². The van der Waals surface area contributed by atoms with Crippen LogP contribution in [0.25, 0.3) is 27.9 Å². The van der Waals surface area contributed by atoms with E-state index in [9.17, 15) is 4.79 Å². The Morgan fingerprint density at radius 1 is 1.03 bits per heavy atom. The zero-order valence-electron chi connectivity index (χ0n) is 17.0. The van der Waals surface area contributed by atoms with Gasteiger partial charge in [-0.05, 0) is 41.8 Å². The highest BCUT2D eigenvalue weighted by molar-refractivity contribution is 5.84. The molecule has 9 heteroatoms. The van der Waals surface area contributed by atoms with E-state index in [1.807, 2.05) is 36.4 Å². The van der Waals surface area contributed by atoms with Crippen LogP contribution in [0.5, 0.6) is 5.75 Å². The summed E-state index contributed by atoms with van der Waals surface area (Å²) in [7, 11) is 0. The lowest BCUT2D eigenvalue weighted by molar-refractivity contribution is 0.296. The van der Waals surface area contributed by atoms with Crippen molar-refractivity contribution in [3.05, 3.63) is 71.4 Å². The molecule has 0 aliphatic rings. The monoisotopic (exact) mass is 415 g/mol. The van der Waals surface area contributed by atoms with Crippen LogP contribution in [0.15, 0.2) is 59.9 Å². The van der Waals surface area contributed by atoms with Crippen LogP contribution in [0.1, 0.15) is 25.6 Å². The number of nitrogens with one attached hydrogen (secondary N) is 1. The quantitative estimate of drug-likeness (QED) is 0.438. The fourth-order valence-corrected chi connectivity index (χ4v) is 3.53. The van der Waals surface area contributed by atoms with Crippen LogP contribution in [0.4, 0.5) is 0 Å². The molecule has 5 aromatic rings. The molecule has 0 radical (unpaired) electrons. The number of hydrogen-bond donors (Lipinski definition) is 1. The highest BCUT2D eigenvalue weighted by atomic mass is 16.5. The largest absolute Gasteiger partial charge is 0.486 e. The maximum Gasteiger partial charge on any atom is 0.352 e. The maximum absolute atomic E-state index is 12.9. The van der Waals surface area contributed by atoms with Gasteiger partial charge in [0, 0.05) is 18.9 Å². The van der Waals surface area contributed by atoms with Crippen LogP contribution in [-0.4, -0.2) is 34.1 Å². The van der Waals surface area contributed by atoms with Crippen LogP contribution >= 0.6 is 0 Å². The zero-order valence-corrected chi connectivity index (χ0v) is 17.0. The molecule has 0 fully saturated rings. The summed E-state index contributed by atoms with van der Waals surface area (Å²) in [5, 5.41) is 4.38. The van der Waals surface area contributed by atoms with Crippen molar-refractivity contribution in [2.45, 2.75) is 32.9 Å². The second-order valence-corrected chi connectivity index (χ2v) is 7.20. The molecule has 9 nitrogen and oxygen atoms in total. The third-order valence-corrected chi connectivity index (χ3v) is 5.13. The number of aromatic nitrogens is 7. The summed E-state index contributed by atoms with van der Waals surface area (Å²) in [5.74, 6) is 1.13. The molecule has 1 aromatic carbocycles. The molecule has 0 bridgehead atoms. The smallest absolute Gasteiger partial charge is 0.352 e. The Morgan fingerprint density at radius 2 is 1.81 bits per heavy atom. The molecule has 156 valence electrons. The van der Waals surface area contributed by atoms with Crippen molar-refractivity contribution < 1.29 is 4.74 Å². The molecule has 0 saturated heterocycles. The summed E-state index contributed by atoms with van der Waals surface area (Å²) >= 11 is 0. The second-order valence-electron chi connectivity index (χ2n) is 7.20. The standard InChI is InChI=1S/C22H21N7O2/c1-2-3-12-28-20-19(24-14-25-20)21-26-18(27-29(21)22(28)30)13-31-17-6-4-15(5-7-17)16-8-10-23-11-9-16/h4-11,14H,2-3,12-13H2,1H3,(H,24,25). The lowest BCUT2D eigenvalue weighted by Crippen LogP contribution is -2.28. The van der Waals surface area contributed by atoms with Gasteiger partial charge in [0.15, 0.2) is 17.1 Å². The Labute approximate surface area is 177 Å². The van der Waals surface area contributed by atoms with E-state index in [0.717, 1.165) is 24.0 Å². The van der Waals surface area contributed by atoms with Gasteiger partial charge in [-0.2, -0.15) is 4.52 Å². The van der Waals surface area contributed by atoms with Crippen molar-refractivity contribution in [2.24, 2.45) is 0 Å². The predicted molar refractivity (Wildman–Crippen MR) is 116 cm³/mol. The van der Waals surface area contributed by atoms with Crippen LogP contribution in [0.3, 0.4) is 0 Å². The number of aryl methyl sites for hydroxylation is 1. The molecule has 0 aliphatic carbocycles. The van der Waals surface area contributed by atoms with Crippen LogP contribution < -0.4 is 10.4 Å². The average Bonchev–Trinajstić information content (AvgIpc) is 3.46. The first-order valence-electron chi connectivity index (χ1n) is 10.2. The molecular weight excluding hydrogens is 394 g/mol. The Kier molecular flexibility index (Phi) is 4.91. The summed E-state index contributed by atoms with van der Waals surface area (Å²) in [5.41, 5.74) is 3.66. The van der Waals surface area contributed by atoms with E-state index in [1.165, 1.54) is 4.52 Å². The lowest BCUT2D eigenvalue weighted by atomic mass is 10.1. The minimum absolute atomic E-state index is 0.153. The molecule has 0 saturated carbocycles. The summed E-state index contributed by atoms with van der Waals surface area (Å²) < 4.78 is 8.81. The van der Waals surface area contributed by atoms with E-state index < -0.39 is 0 Å². The molecule has 5 rings (SSSR count). The SMILES string of the molecule is CCCCn1c(=O)n2nc(COc3ccc(-c4ccncc4)cc3)nc2c2[nH]cnc21. The van der Waals surface area contributed by atoms with Crippen molar-refractivity contribution >= 4 is 16.8 Å². The molecule has 0 atom stereocenters. The molecule has 0 aliphatic heterocycles. The average molecular weight is 415 g/mol. The van der Waals surface area contributed by atoms with Crippen molar-refractivity contribution in [2.75, 3.05) is 0 Å². The number of pyridine rings is 1. The minimum atomic E-state index is -0.247. The highest BCUT2D eigenvalue weighted by Gasteiger charge is 2.17. The summed E-state index contributed by atoms with van der Waals surface area (Å²) in [6, 6.07) is 11.7. The minimum Gasteiger partial charge on any atom is -0.486 e. The zero-order chi connectivity index (χ0) is 21.2. The Bertz CT molecular complexity index is 1380. The Hall–Kier alpha value is -4.01. The topological polar surface area (TPSA) is 103 Å². The van der Waals surface area contributed by atoms with E-state index in [2.05, 4.69) is 32.0 Å². The molecule has 1 N–H and O–H groups in total. The number of nitrogens with zero attached hydrogens (tertiary/aromatic N) is 6. The number of H-pyrrole nitrogens is 1. The van der Waals surface area contributed by atoms with Gasteiger partial charge in [0.25, 0.3) is 0 Å². The van der Waals surface area contributed by atoms with Crippen molar-refractivity contribution in [1.82, 2.24) is 34.1 Å². The maximum atomic E-state index is 12.9. The molecule has 0 unspecified atom stereocenters. The van der Waals surface area contributed by atoms with Gasteiger partial charge >= 0.3 is 5.69 Å². The summed E-state index contributed by atoms with van der Waals surface area (Å²) in [4.78, 5) is 28.9. The molecule has 4 aromatic heterocycles. The number of aromatic amines is 1. The molecule has 31 heavy (non-hydrogen) atoms. The van der Waals surface area contributed by atoms with Gasteiger partial charge < -0.3 is 9.72 Å². The number of hydrogen-bond acceptors (Lipinski definition) is 6. The number of ether oxygens (including phenoxy) is 1. The molecule has 0 spiro atoms. The van der Waals surface area contributed by atoms with Crippen molar-refractivity contribution in [1.29, 1.82) is 0 Å². The van der Waals surface area contributed by atoms with Gasteiger partial charge in [-0.1, -0.05) is 25.5 Å². The number of imidazole rings is 1. The van der Waals surface area contributed by atoms with Crippen LogP contribution in [0, 0.1) is 0 Å². The van der Waals surface area contributed by atoms with E-state index in [1.54, 1.807) is 23.3 Å². The number of benzene rings is 1. The van der Waals surface area contributed by atoms with E-state index in [0.29, 0.717) is 34.9 Å². The van der Waals surface area contributed by atoms with Crippen LogP contribution in [0.2, 0.25) is 0 Å². The Morgan fingerprint density at radius 3 is 2.58 bits per heavy atom. The Balaban J connectivity index is 1.40. The number of unbranched alkanes of at least 4 members (excludes halogenated alkanes) is 1. The van der Waals surface area contributed by atoms with Gasteiger partial charge in [-0.25, -0.2) is 14.8 Å². The molecular formula is C22H21N7O2. The first-order valence-corrected chi connectivity index (χ1v) is 10.2. The van der Waals surface area contributed by atoms with Gasteiger partial charge in [0.05, 0.1) is 6.33 Å². The van der Waals surface area contributed by atoms with E-state index >= 15 is 0 Å². The fraction of sp³-hybridized carbons (Fsp3) is 0.227. The summed E-state index contributed by atoms with van der Waals surface area (Å²) in [6.45, 7) is 2.82. The van der Waals surface area contributed by atoms with E-state index in [4.69, 9.17) is 4.74 Å². The summed E-state index contributed by atoms with van der Waals surface area (Å²) in [6.07, 6.45) is 6.96. The van der Waals surface area contributed by atoms with Gasteiger partial charge in [0.1, 0.15) is 17.9 Å². The molecule has 4 heterocycles. The van der Waals surface area contributed by atoms with Crippen LogP contribution in [-0.2, 0) is 13.2 Å². The normalized spacial score (nSPS) is 11.4.